The Bertz CT molecular complexity index is 337. The third kappa shape index (κ3) is 10.5. The van der Waals surface area contributed by atoms with Gasteiger partial charge in [-0.1, -0.05) is 91.9 Å². The van der Waals surface area contributed by atoms with Crippen LogP contribution < -0.4 is 5.73 Å². The van der Waals surface area contributed by atoms with Crippen molar-refractivity contribution in [2.75, 3.05) is 0 Å². The number of hydrogen-bond donors (Lipinski definition) is 1. The van der Waals surface area contributed by atoms with Crippen molar-refractivity contribution < 1.29 is 9.22 Å². The first-order valence-corrected chi connectivity index (χ1v) is 13.0. The summed E-state index contributed by atoms with van der Waals surface area (Å²) in [6.07, 6.45) is 13.4. The number of hydrogen-bond acceptors (Lipinski definition) is 2. The molecule has 0 saturated carbocycles. The molecule has 0 aromatic rings. The molecule has 0 aliphatic heterocycles. The van der Waals surface area contributed by atoms with Crippen LogP contribution in [0.3, 0.4) is 0 Å². The molecule has 0 fully saturated rings. The molecule has 1 atom stereocenters. The van der Waals surface area contributed by atoms with Gasteiger partial charge in [0.05, 0.1) is 0 Å². The van der Waals surface area contributed by atoms with Crippen LogP contribution in [-0.4, -0.2) is 20.3 Å². The van der Waals surface area contributed by atoms with Gasteiger partial charge in [0.2, 0.25) is 5.91 Å². The van der Waals surface area contributed by atoms with Gasteiger partial charge in [-0.15, -0.1) is 0 Å². The van der Waals surface area contributed by atoms with Crippen molar-refractivity contribution in [1.29, 1.82) is 0 Å². The molecule has 0 bridgehead atoms. The van der Waals surface area contributed by atoms with Crippen LogP contribution in [0, 0.1) is 0 Å². The standard InChI is InChI=1S/C20H43NO2Si/c1-7-8-9-10-11-12-13-14-15-16-17-18(19(21)22)23-24(5,6)20(2,3)4/h18H,7-17H2,1-6H3,(H2,21,22)/t18-/m1/s1. The lowest BCUT2D eigenvalue weighted by atomic mass is 10.0. The van der Waals surface area contributed by atoms with Crippen LogP contribution in [0.4, 0.5) is 0 Å². The maximum Gasteiger partial charge on any atom is 0.245 e. The molecule has 24 heavy (non-hydrogen) atoms. The monoisotopic (exact) mass is 357 g/mol. The molecule has 0 unspecified atom stereocenters. The van der Waals surface area contributed by atoms with Gasteiger partial charge < -0.3 is 10.2 Å². The number of primary amides is 1. The zero-order valence-corrected chi connectivity index (χ0v) is 18.2. The van der Waals surface area contributed by atoms with E-state index in [1.807, 2.05) is 0 Å². The van der Waals surface area contributed by atoms with E-state index in [9.17, 15) is 4.79 Å². The molecule has 0 aliphatic carbocycles. The Morgan fingerprint density at radius 1 is 0.917 bits per heavy atom. The van der Waals surface area contributed by atoms with Gasteiger partial charge in [-0.2, -0.15) is 0 Å². The first-order chi connectivity index (χ1) is 11.1. The van der Waals surface area contributed by atoms with Crippen molar-refractivity contribution in [3.8, 4) is 0 Å². The van der Waals surface area contributed by atoms with Crippen molar-refractivity contribution in [2.24, 2.45) is 5.73 Å². The smallest absolute Gasteiger partial charge is 0.245 e. The third-order valence-electron chi connectivity index (χ3n) is 5.38. The number of amides is 1. The Balaban J connectivity index is 3.90. The Hall–Kier alpha value is -0.353. The van der Waals surface area contributed by atoms with E-state index in [0.717, 1.165) is 12.8 Å². The van der Waals surface area contributed by atoms with E-state index in [1.54, 1.807) is 0 Å². The summed E-state index contributed by atoms with van der Waals surface area (Å²) in [5.41, 5.74) is 5.57. The first-order valence-electron chi connectivity index (χ1n) is 10.1. The van der Waals surface area contributed by atoms with Crippen molar-refractivity contribution in [1.82, 2.24) is 0 Å². The Labute approximate surface area is 152 Å². The van der Waals surface area contributed by atoms with E-state index in [-0.39, 0.29) is 10.9 Å². The number of carbonyl (C=O) groups excluding carboxylic acids is 1. The summed E-state index contributed by atoms with van der Waals surface area (Å²) in [6, 6.07) is 0. The Kier molecular flexibility index (Phi) is 11.9. The van der Waals surface area contributed by atoms with Crippen molar-refractivity contribution in [3.63, 3.8) is 0 Å². The summed E-state index contributed by atoms with van der Waals surface area (Å²) < 4.78 is 6.21. The minimum atomic E-state index is -1.93. The van der Waals surface area contributed by atoms with Gasteiger partial charge in [-0.05, 0) is 24.6 Å². The van der Waals surface area contributed by atoms with E-state index < -0.39 is 14.4 Å². The maximum atomic E-state index is 11.7. The zero-order valence-electron chi connectivity index (χ0n) is 17.2. The second kappa shape index (κ2) is 12.1. The SMILES string of the molecule is CCCCCCCCCCCC[C@@H](O[Si](C)(C)C(C)(C)C)C(N)=O. The summed E-state index contributed by atoms with van der Waals surface area (Å²) >= 11 is 0. The summed E-state index contributed by atoms with van der Waals surface area (Å²) in [4.78, 5) is 11.7. The minimum absolute atomic E-state index is 0.110. The van der Waals surface area contributed by atoms with Crippen LogP contribution in [0.5, 0.6) is 0 Å². The Morgan fingerprint density at radius 2 is 1.33 bits per heavy atom. The average molecular weight is 358 g/mol. The predicted molar refractivity (Wildman–Crippen MR) is 108 cm³/mol. The van der Waals surface area contributed by atoms with E-state index in [0.29, 0.717) is 0 Å². The highest BCUT2D eigenvalue weighted by Gasteiger charge is 2.40. The fourth-order valence-corrected chi connectivity index (χ4v) is 3.91. The second-order valence-corrected chi connectivity index (χ2v) is 13.5. The minimum Gasteiger partial charge on any atom is -0.405 e. The molecule has 0 radical (unpaired) electrons. The van der Waals surface area contributed by atoms with Crippen LogP contribution in [0.15, 0.2) is 0 Å². The lowest BCUT2D eigenvalue weighted by Crippen LogP contribution is -2.47. The van der Waals surface area contributed by atoms with Crippen LogP contribution in [0.2, 0.25) is 18.1 Å². The van der Waals surface area contributed by atoms with Crippen LogP contribution in [0.25, 0.3) is 0 Å². The molecule has 0 saturated heterocycles. The fraction of sp³-hybridized carbons (Fsp3) is 0.950. The molecule has 144 valence electrons. The zero-order chi connectivity index (χ0) is 18.6. The predicted octanol–water partition coefficient (Wildman–Crippen LogP) is 6.17. The lowest BCUT2D eigenvalue weighted by Gasteiger charge is -2.38. The quantitative estimate of drug-likeness (QED) is 0.298. The number of rotatable bonds is 14. The molecular formula is C20H43NO2Si. The van der Waals surface area contributed by atoms with Gasteiger partial charge in [-0.3, -0.25) is 4.79 Å². The number of carbonyl (C=O) groups is 1. The average Bonchev–Trinajstić information content (AvgIpc) is 2.46. The topological polar surface area (TPSA) is 52.3 Å². The van der Waals surface area contributed by atoms with E-state index >= 15 is 0 Å². The summed E-state index contributed by atoms with van der Waals surface area (Å²) in [6.45, 7) is 13.2. The molecular weight excluding hydrogens is 314 g/mol. The molecule has 0 rings (SSSR count). The molecule has 0 heterocycles. The highest BCUT2D eigenvalue weighted by Crippen LogP contribution is 2.37. The fourth-order valence-electron chi connectivity index (χ4n) is 2.61. The highest BCUT2D eigenvalue weighted by atomic mass is 28.4. The van der Waals surface area contributed by atoms with Crippen molar-refractivity contribution >= 4 is 14.2 Å². The molecule has 3 nitrogen and oxygen atoms in total. The lowest BCUT2D eigenvalue weighted by molar-refractivity contribution is -0.125. The summed E-state index contributed by atoms with van der Waals surface area (Å²) in [7, 11) is -1.93. The summed E-state index contributed by atoms with van der Waals surface area (Å²) in [5, 5.41) is 0.110. The normalized spacial score (nSPS) is 13.9. The molecule has 4 heteroatoms. The summed E-state index contributed by atoms with van der Waals surface area (Å²) in [5.74, 6) is -0.296. The maximum absolute atomic E-state index is 11.7. The molecule has 1 amide bonds. The van der Waals surface area contributed by atoms with Gasteiger partial charge in [0.25, 0.3) is 0 Å². The van der Waals surface area contributed by atoms with Crippen LogP contribution >= 0.6 is 0 Å². The van der Waals surface area contributed by atoms with Crippen molar-refractivity contribution in [2.45, 2.75) is 123 Å². The van der Waals surface area contributed by atoms with Gasteiger partial charge >= 0.3 is 0 Å². The Morgan fingerprint density at radius 3 is 1.71 bits per heavy atom. The van der Waals surface area contributed by atoms with E-state index in [4.69, 9.17) is 10.2 Å². The van der Waals surface area contributed by atoms with Gasteiger partial charge in [-0.25, -0.2) is 0 Å². The van der Waals surface area contributed by atoms with Crippen molar-refractivity contribution in [3.05, 3.63) is 0 Å². The second-order valence-electron chi connectivity index (χ2n) is 8.74. The molecule has 0 aromatic carbocycles. The first kappa shape index (κ1) is 23.6. The largest absolute Gasteiger partial charge is 0.405 e. The van der Waals surface area contributed by atoms with Crippen LogP contribution in [0.1, 0.15) is 98.3 Å². The molecule has 2 N–H and O–H groups in total. The molecule has 0 spiro atoms. The van der Waals surface area contributed by atoms with E-state index in [2.05, 4.69) is 40.8 Å². The van der Waals surface area contributed by atoms with E-state index in [1.165, 1.54) is 57.8 Å². The van der Waals surface area contributed by atoms with Gasteiger partial charge in [0, 0.05) is 0 Å². The van der Waals surface area contributed by atoms with Crippen LogP contribution in [-0.2, 0) is 9.22 Å². The molecule has 0 aliphatic rings. The third-order valence-corrected chi connectivity index (χ3v) is 9.87. The van der Waals surface area contributed by atoms with Gasteiger partial charge in [0.1, 0.15) is 6.10 Å². The number of unbranched alkanes of at least 4 members (excludes halogenated alkanes) is 9. The van der Waals surface area contributed by atoms with Gasteiger partial charge in [0.15, 0.2) is 8.32 Å². The number of nitrogens with two attached hydrogens (primary N) is 1. The molecule has 0 aromatic heterocycles. The highest BCUT2D eigenvalue weighted by molar-refractivity contribution is 6.74.